The lowest BCUT2D eigenvalue weighted by molar-refractivity contribution is 0.101. The van der Waals surface area contributed by atoms with E-state index >= 15 is 0 Å². The van der Waals surface area contributed by atoms with Crippen molar-refractivity contribution in [3.05, 3.63) is 76.9 Å². The van der Waals surface area contributed by atoms with E-state index in [0.717, 1.165) is 0 Å². The molecule has 0 aromatic heterocycles. The van der Waals surface area contributed by atoms with E-state index in [-0.39, 0.29) is 28.2 Å². The van der Waals surface area contributed by atoms with Gasteiger partial charge in [0.2, 0.25) is 0 Å². The Hall–Kier alpha value is -2.79. The molecule has 1 aliphatic rings. The molecule has 4 rings (SSSR count). The van der Waals surface area contributed by atoms with Crippen molar-refractivity contribution in [2.45, 2.75) is 0 Å². The van der Waals surface area contributed by atoms with Crippen LogP contribution in [0, 0.1) is 0 Å². The van der Waals surface area contributed by atoms with Gasteiger partial charge in [0.25, 0.3) is 0 Å². The average Bonchev–Trinajstić information content (AvgIpc) is 2.67. The molecule has 0 unspecified atom stereocenters. The molecule has 25 heavy (non-hydrogen) atoms. The van der Waals surface area contributed by atoms with E-state index in [9.17, 15) is 14.2 Å². The summed E-state index contributed by atoms with van der Waals surface area (Å²) in [4.78, 5) is 44.3. The number of ketones is 2. The summed E-state index contributed by atoms with van der Waals surface area (Å²) in [5.74, 6) is -1.08. The molecule has 2 N–H and O–H groups in total. The fourth-order valence-corrected chi connectivity index (χ4v) is 3.55. The van der Waals surface area contributed by atoms with Crippen LogP contribution in [0.15, 0.2) is 54.6 Å². The van der Waals surface area contributed by atoms with E-state index in [1.165, 1.54) is 12.1 Å². The molecule has 0 bridgehead atoms. The SMILES string of the molecule is O=C1c2ccccc2C(=O)c2c(OP(=O)(O)O)ccc3cccc1c23. The van der Waals surface area contributed by atoms with Gasteiger partial charge in [-0.2, -0.15) is 0 Å². The standard InChI is InChI=1S/C18H11O6P/c19-17-11-5-1-2-6-12(11)18(20)16-14(24-25(21,22)23)9-8-10-4-3-7-13(17)15(10)16/h1-9H,(H2,21,22,23). The first kappa shape index (κ1) is 15.7. The minimum Gasteiger partial charge on any atom is -0.403 e. The Kier molecular flexibility index (Phi) is 3.37. The summed E-state index contributed by atoms with van der Waals surface area (Å²) < 4.78 is 16.0. The number of hydrogen-bond donors (Lipinski definition) is 2. The highest BCUT2D eigenvalue weighted by molar-refractivity contribution is 7.46. The second kappa shape index (κ2) is 5.36. The quantitative estimate of drug-likeness (QED) is 0.537. The van der Waals surface area contributed by atoms with Gasteiger partial charge in [0, 0.05) is 22.1 Å². The van der Waals surface area contributed by atoms with Crippen LogP contribution in [0.25, 0.3) is 10.8 Å². The Morgan fingerprint density at radius 3 is 2.08 bits per heavy atom. The Labute approximate surface area is 141 Å². The van der Waals surface area contributed by atoms with Gasteiger partial charge in [-0.3, -0.25) is 19.4 Å². The van der Waals surface area contributed by atoms with Crippen LogP contribution in [0.1, 0.15) is 31.8 Å². The summed E-state index contributed by atoms with van der Waals surface area (Å²) >= 11 is 0. The summed E-state index contributed by atoms with van der Waals surface area (Å²) in [7, 11) is -4.87. The van der Waals surface area contributed by atoms with Crippen LogP contribution in [0.5, 0.6) is 5.75 Å². The predicted molar refractivity (Wildman–Crippen MR) is 89.9 cm³/mol. The number of rotatable bonds is 2. The second-order valence-electron chi connectivity index (χ2n) is 5.63. The smallest absolute Gasteiger partial charge is 0.403 e. The Bertz CT molecular complexity index is 1110. The molecule has 7 heteroatoms. The lowest BCUT2D eigenvalue weighted by Crippen LogP contribution is -2.07. The maximum Gasteiger partial charge on any atom is 0.524 e. The van der Waals surface area contributed by atoms with Crippen molar-refractivity contribution in [2.75, 3.05) is 0 Å². The second-order valence-corrected chi connectivity index (χ2v) is 6.79. The lowest BCUT2D eigenvalue weighted by Gasteiger charge is -2.13. The van der Waals surface area contributed by atoms with Gasteiger partial charge in [-0.25, -0.2) is 4.57 Å². The van der Waals surface area contributed by atoms with Crippen molar-refractivity contribution >= 4 is 30.2 Å². The molecule has 3 aromatic carbocycles. The largest absolute Gasteiger partial charge is 0.524 e. The normalized spacial score (nSPS) is 13.5. The zero-order chi connectivity index (χ0) is 17.8. The molecule has 0 saturated heterocycles. The molecular formula is C18H11O6P. The van der Waals surface area contributed by atoms with Crippen molar-refractivity contribution in [3.63, 3.8) is 0 Å². The summed E-state index contributed by atoms with van der Waals surface area (Å²) in [5, 5.41) is 0.944. The molecule has 3 aromatic rings. The summed E-state index contributed by atoms with van der Waals surface area (Å²) in [5.41, 5.74) is 0.696. The van der Waals surface area contributed by atoms with Crippen LogP contribution in [0.2, 0.25) is 0 Å². The fraction of sp³-hybridized carbons (Fsp3) is 0. The number of carbonyl (C=O) groups is 2. The van der Waals surface area contributed by atoms with E-state index in [2.05, 4.69) is 0 Å². The molecular weight excluding hydrogens is 343 g/mol. The monoisotopic (exact) mass is 354 g/mol. The third-order valence-corrected chi connectivity index (χ3v) is 4.55. The van der Waals surface area contributed by atoms with Gasteiger partial charge in [0.05, 0.1) is 5.56 Å². The Balaban J connectivity index is 2.15. The maximum atomic E-state index is 13.1. The minimum absolute atomic E-state index is 0.0188. The first-order valence-electron chi connectivity index (χ1n) is 7.36. The number of benzene rings is 3. The molecule has 1 aliphatic carbocycles. The van der Waals surface area contributed by atoms with Gasteiger partial charge in [-0.1, -0.05) is 48.5 Å². The zero-order valence-corrected chi connectivity index (χ0v) is 13.6. The van der Waals surface area contributed by atoms with Crippen LogP contribution in [-0.4, -0.2) is 21.4 Å². The van der Waals surface area contributed by atoms with Gasteiger partial charge in [0.1, 0.15) is 5.75 Å². The topological polar surface area (TPSA) is 101 Å². The van der Waals surface area contributed by atoms with Crippen LogP contribution in [-0.2, 0) is 4.57 Å². The first-order chi connectivity index (χ1) is 11.9. The van der Waals surface area contributed by atoms with E-state index in [4.69, 9.17) is 14.3 Å². The molecule has 0 radical (unpaired) electrons. The van der Waals surface area contributed by atoms with E-state index in [1.54, 1.807) is 42.5 Å². The number of phosphoric acid groups is 1. The van der Waals surface area contributed by atoms with Gasteiger partial charge >= 0.3 is 7.82 Å². The van der Waals surface area contributed by atoms with Crippen molar-refractivity contribution in [2.24, 2.45) is 0 Å². The maximum absolute atomic E-state index is 13.1. The van der Waals surface area contributed by atoms with Crippen LogP contribution >= 0.6 is 7.82 Å². The van der Waals surface area contributed by atoms with Gasteiger partial charge in [-0.05, 0) is 11.5 Å². The highest BCUT2D eigenvalue weighted by Crippen LogP contribution is 2.43. The number of fused-ring (bicyclic) bond motifs is 1. The fourth-order valence-electron chi connectivity index (χ4n) is 3.14. The molecule has 0 fully saturated rings. The van der Waals surface area contributed by atoms with Crippen molar-refractivity contribution < 1.29 is 28.5 Å². The average molecular weight is 354 g/mol. The first-order valence-corrected chi connectivity index (χ1v) is 8.89. The number of carbonyl (C=O) groups excluding carboxylic acids is 2. The summed E-state index contributed by atoms with van der Waals surface area (Å²) in [6, 6.07) is 14.3. The number of hydrogen-bond acceptors (Lipinski definition) is 4. The predicted octanol–water partition coefficient (Wildman–Crippen LogP) is 3.09. The van der Waals surface area contributed by atoms with Gasteiger partial charge < -0.3 is 4.52 Å². The van der Waals surface area contributed by atoms with Crippen molar-refractivity contribution in [3.8, 4) is 5.75 Å². The van der Waals surface area contributed by atoms with Crippen LogP contribution < -0.4 is 4.52 Å². The van der Waals surface area contributed by atoms with Crippen molar-refractivity contribution in [1.82, 2.24) is 0 Å². The summed E-state index contributed by atoms with van der Waals surface area (Å²) in [6.45, 7) is 0. The van der Waals surface area contributed by atoms with Crippen LogP contribution in [0.3, 0.4) is 0 Å². The summed E-state index contributed by atoms with van der Waals surface area (Å²) in [6.07, 6.45) is 0. The highest BCUT2D eigenvalue weighted by Gasteiger charge is 2.31. The third kappa shape index (κ3) is 2.48. The van der Waals surface area contributed by atoms with Gasteiger partial charge in [0.15, 0.2) is 11.6 Å². The molecule has 0 aliphatic heterocycles. The van der Waals surface area contributed by atoms with Crippen molar-refractivity contribution in [1.29, 1.82) is 0 Å². The van der Waals surface area contributed by atoms with E-state index < -0.39 is 13.6 Å². The molecule has 0 saturated carbocycles. The Morgan fingerprint density at radius 1 is 0.760 bits per heavy atom. The highest BCUT2D eigenvalue weighted by atomic mass is 31.2. The van der Waals surface area contributed by atoms with Crippen LogP contribution in [0.4, 0.5) is 0 Å². The molecule has 0 heterocycles. The molecule has 124 valence electrons. The van der Waals surface area contributed by atoms with E-state index in [0.29, 0.717) is 16.3 Å². The Morgan fingerprint density at radius 2 is 1.40 bits per heavy atom. The zero-order valence-electron chi connectivity index (χ0n) is 12.7. The molecule has 0 atom stereocenters. The lowest BCUT2D eigenvalue weighted by atomic mass is 9.96. The number of phosphoric ester groups is 1. The van der Waals surface area contributed by atoms with E-state index in [1.807, 2.05) is 0 Å². The minimum atomic E-state index is -4.87. The molecule has 0 amide bonds. The molecule has 6 nitrogen and oxygen atoms in total. The molecule has 0 spiro atoms. The third-order valence-electron chi connectivity index (χ3n) is 4.11. The van der Waals surface area contributed by atoms with Gasteiger partial charge in [-0.15, -0.1) is 0 Å².